The highest BCUT2D eigenvalue weighted by Gasteiger charge is 2.45. The molecule has 2 aliphatic rings. The molecule has 3 rings (SSSR count). The molecule has 2 saturated heterocycles. The Morgan fingerprint density at radius 1 is 1.37 bits per heavy atom. The Bertz CT molecular complexity index is 482. The van der Waals surface area contributed by atoms with E-state index in [4.69, 9.17) is 0 Å². The monoisotopic (exact) mass is 290 g/mol. The van der Waals surface area contributed by atoms with Crippen molar-refractivity contribution in [1.82, 2.24) is 9.62 Å². The molecular formula is C12H13F3N2OS. The lowest BCUT2D eigenvalue weighted by Gasteiger charge is -2.27. The van der Waals surface area contributed by atoms with Crippen molar-refractivity contribution >= 4 is 11.4 Å². The summed E-state index contributed by atoms with van der Waals surface area (Å²) in [6.45, 7) is 1.39. The summed E-state index contributed by atoms with van der Waals surface area (Å²) in [6, 6.07) is 5.27. The molecule has 0 saturated carbocycles. The van der Waals surface area contributed by atoms with Crippen LogP contribution in [0.5, 0.6) is 0 Å². The summed E-state index contributed by atoms with van der Waals surface area (Å²) in [5.74, 6) is 0. The molecule has 0 radical (unpaired) electrons. The highest BCUT2D eigenvalue weighted by atomic mass is 32.2. The standard InChI is InChI=1S/C12H13F3N2OS/c13-12(14,15)8-2-1-3-11(4-8)19(18)17-7-9-5-10(17)6-16-9/h1-4,9-10,16H,5-7H2/t9-,10-,19?/m1/s1. The second-order valence-electron chi connectivity index (χ2n) is 4.87. The minimum absolute atomic E-state index is 0.167. The van der Waals surface area contributed by atoms with E-state index in [1.54, 1.807) is 4.31 Å². The zero-order valence-electron chi connectivity index (χ0n) is 9.98. The van der Waals surface area contributed by atoms with E-state index in [1.807, 2.05) is 0 Å². The van der Waals surface area contributed by atoms with Gasteiger partial charge in [-0.25, -0.2) is 0 Å². The minimum atomic E-state index is -4.40. The predicted octanol–water partition coefficient (Wildman–Crippen LogP) is 1.77. The minimum Gasteiger partial charge on any atom is -0.593 e. The van der Waals surface area contributed by atoms with Crippen LogP contribution in [0.2, 0.25) is 0 Å². The van der Waals surface area contributed by atoms with Crippen LogP contribution in [-0.2, 0) is 17.5 Å². The largest absolute Gasteiger partial charge is 0.593 e. The molecule has 0 amide bonds. The molecule has 1 aromatic rings. The van der Waals surface area contributed by atoms with Crippen molar-refractivity contribution in [2.75, 3.05) is 13.1 Å². The van der Waals surface area contributed by atoms with Crippen LogP contribution in [0.3, 0.4) is 0 Å². The summed E-state index contributed by atoms with van der Waals surface area (Å²) in [7, 11) is 0. The molecule has 1 unspecified atom stereocenters. The SMILES string of the molecule is [O-][S+](c1cccc(C(F)(F)F)c1)N1C[C@H]2C[C@@H]1CN2. The number of alkyl halides is 3. The topological polar surface area (TPSA) is 38.3 Å². The van der Waals surface area contributed by atoms with Gasteiger partial charge in [0.15, 0.2) is 4.90 Å². The van der Waals surface area contributed by atoms with Crippen molar-refractivity contribution < 1.29 is 17.7 Å². The average Bonchev–Trinajstić information content (AvgIpc) is 2.99. The third-order valence-electron chi connectivity index (χ3n) is 3.58. The quantitative estimate of drug-likeness (QED) is 0.844. The number of hydrogen-bond acceptors (Lipinski definition) is 3. The lowest BCUT2D eigenvalue weighted by molar-refractivity contribution is -0.137. The molecule has 2 aliphatic heterocycles. The lowest BCUT2D eigenvalue weighted by Crippen LogP contribution is -2.46. The van der Waals surface area contributed by atoms with Gasteiger partial charge in [-0.3, -0.25) is 0 Å². The molecule has 0 aromatic heterocycles. The van der Waals surface area contributed by atoms with E-state index < -0.39 is 23.1 Å². The van der Waals surface area contributed by atoms with E-state index in [0.717, 1.165) is 25.1 Å². The Hall–Kier alpha value is -0.760. The molecule has 104 valence electrons. The van der Waals surface area contributed by atoms with E-state index in [2.05, 4.69) is 5.32 Å². The van der Waals surface area contributed by atoms with Crippen LogP contribution >= 0.6 is 0 Å². The zero-order valence-corrected chi connectivity index (χ0v) is 10.8. The van der Waals surface area contributed by atoms with Gasteiger partial charge in [-0.1, -0.05) is 6.07 Å². The highest BCUT2D eigenvalue weighted by Crippen LogP contribution is 2.33. The second-order valence-corrected chi connectivity index (χ2v) is 6.31. The molecule has 3 nitrogen and oxygen atoms in total. The maximum atomic E-state index is 12.6. The first-order valence-corrected chi connectivity index (χ1v) is 7.15. The van der Waals surface area contributed by atoms with Crippen LogP contribution in [0.1, 0.15) is 12.0 Å². The molecule has 2 bridgehead atoms. The molecule has 3 atom stereocenters. The third-order valence-corrected chi connectivity index (χ3v) is 5.11. The molecule has 1 aromatic carbocycles. The van der Waals surface area contributed by atoms with Crippen molar-refractivity contribution in [3.63, 3.8) is 0 Å². The molecule has 19 heavy (non-hydrogen) atoms. The third kappa shape index (κ3) is 2.47. The van der Waals surface area contributed by atoms with Crippen LogP contribution in [0.15, 0.2) is 29.2 Å². The number of halogens is 3. The summed E-state index contributed by atoms with van der Waals surface area (Å²) < 4.78 is 52.1. The molecule has 2 fully saturated rings. The molecule has 0 aliphatic carbocycles. The van der Waals surface area contributed by atoms with Gasteiger partial charge >= 0.3 is 6.18 Å². The number of hydrogen-bond donors (Lipinski definition) is 1. The van der Waals surface area contributed by atoms with E-state index in [1.165, 1.54) is 12.1 Å². The fraction of sp³-hybridized carbons (Fsp3) is 0.500. The van der Waals surface area contributed by atoms with Gasteiger partial charge < -0.3 is 9.87 Å². The maximum Gasteiger partial charge on any atom is 0.416 e. The number of nitrogens with one attached hydrogen (secondary N) is 1. The van der Waals surface area contributed by atoms with Gasteiger partial charge in [-0.05, 0) is 18.6 Å². The molecule has 7 heteroatoms. The van der Waals surface area contributed by atoms with E-state index in [0.29, 0.717) is 12.6 Å². The van der Waals surface area contributed by atoms with Crippen LogP contribution < -0.4 is 5.32 Å². The van der Waals surface area contributed by atoms with Gasteiger partial charge in [-0.2, -0.15) is 13.2 Å². The van der Waals surface area contributed by atoms with Crippen LogP contribution in [0.4, 0.5) is 13.2 Å². The van der Waals surface area contributed by atoms with Crippen molar-refractivity contribution in [2.24, 2.45) is 0 Å². The van der Waals surface area contributed by atoms with Crippen LogP contribution in [0, 0.1) is 0 Å². The van der Waals surface area contributed by atoms with E-state index >= 15 is 0 Å². The summed E-state index contributed by atoms with van der Waals surface area (Å²) in [5, 5.41) is 3.27. The summed E-state index contributed by atoms with van der Waals surface area (Å²) in [5.41, 5.74) is -0.749. The Morgan fingerprint density at radius 2 is 2.16 bits per heavy atom. The molecule has 2 heterocycles. The van der Waals surface area contributed by atoms with E-state index in [9.17, 15) is 17.7 Å². The van der Waals surface area contributed by atoms with Gasteiger partial charge in [-0.15, -0.1) is 4.31 Å². The highest BCUT2D eigenvalue weighted by molar-refractivity contribution is 7.89. The fourth-order valence-electron chi connectivity index (χ4n) is 2.64. The first-order valence-electron chi connectivity index (χ1n) is 6.04. The number of rotatable bonds is 2. The van der Waals surface area contributed by atoms with Gasteiger partial charge in [0, 0.05) is 18.7 Å². The zero-order chi connectivity index (χ0) is 13.6. The first kappa shape index (κ1) is 13.2. The number of fused-ring (bicyclic) bond motifs is 2. The molecule has 1 N–H and O–H groups in total. The van der Waals surface area contributed by atoms with E-state index in [-0.39, 0.29) is 10.9 Å². The van der Waals surface area contributed by atoms with Crippen LogP contribution in [-0.4, -0.2) is 34.0 Å². The Balaban J connectivity index is 1.82. The van der Waals surface area contributed by atoms with Crippen molar-refractivity contribution in [1.29, 1.82) is 0 Å². The maximum absolute atomic E-state index is 12.6. The van der Waals surface area contributed by atoms with Crippen molar-refractivity contribution in [3.8, 4) is 0 Å². The summed E-state index contributed by atoms with van der Waals surface area (Å²) >= 11 is -1.51. The Kier molecular flexibility index (Phi) is 3.24. The van der Waals surface area contributed by atoms with Crippen LogP contribution in [0.25, 0.3) is 0 Å². The Morgan fingerprint density at radius 3 is 2.74 bits per heavy atom. The normalized spacial score (nSPS) is 28.8. The smallest absolute Gasteiger partial charge is 0.416 e. The first-order chi connectivity index (χ1) is 8.95. The van der Waals surface area contributed by atoms with Crippen molar-refractivity contribution in [2.45, 2.75) is 29.6 Å². The molecule has 0 spiro atoms. The number of benzene rings is 1. The second kappa shape index (κ2) is 4.66. The average molecular weight is 290 g/mol. The van der Waals surface area contributed by atoms with Gasteiger partial charge in [0.05, 0.1) is 29.5 Å². The van der Waals surface area contributed by atoms with Gasteiger partial charge in [0.1, 0.15) is 0 Å². The number of nitrogens with zero attached hydrogens (tertiary/aromatic N) is 1. The van der Waals surface area contributed by atoms with Crippen molar-refractivity contribution in [3.05, 3.63) is 29.8 Å². The van der Waals surface area contributed by atoms with Gasteiger partial charge in [0.25, 0.3) is 0 Å². The number of piperazine rings is 1. The molecular weight excluding hydrogens is 277 g/mol. The Labute approximate surface area is 112 Å². The summed E-state index contributed by atoms with van der Waals surface area (Å²) in [6.07, 6.45) is -3.48. The summed E-state index contributed by atoms with van der Waals surface area (Å²) in [4.78, 5) is 0.224. The van der Waals surface area contributed by atoms with Gasteiger partial charge in [0.2, 0.25) is 0 Å². The lowest BCUT2D eigenvalue weighted by atomic mass is 10.2. The fourth-order valence-corrected chi connectivity index (χ4v) is 4.08. The predicted molar refractivity (Wildman–Crippen MR) is 64.8 cm³/mol.